The number of aromatic amines is 2. The van der Waals surface area contributed by atoms with Gasteiger partial charge in [0, 0.05) is 24.2 Å². The molecule has 0 spiro atoms. The fourth-order valence-corrected chi connectivity index (χ4v) is 4.89. The molecule has 1 aliphatic heterocycles. The van der Waals surface area contributed by atoms with Crippen molar-refractivity contribution < 1.29 is 8.42 Å². The minimum absolute atomic E-state index is 0.0620. The second-order valence-electron chi connectivity index (χ2n) is 7.37. The Bertz CT molecular complexity index is 1400. The van der Waals surface area contributed by atoms with E-state index in [1.165, 1.54) is 18.6 Å². The first kappa shape index (κ1) is 18.6. The molecule has 0 atom stereocenters. The van der Waals surface area contributed by atoms with Crippen LogP contribution >= 0.6 is 0 Å². The molecule has 154 valence electrons. The molecule has 30 heavy (non-hydrogen) atoms. The summed E-state index contributed by atoms with van der Waals surface area (Å²) in [7, 11) is -3.83. The van der Waals surface area contributed by atoms with Crippen LogP contribution in [0.3, 0.4) is 0 Å². The second kappa shape index (κ2) is 7.13. The Hall–Kier alpha value is -3.40. The maximum absolute atomic E-state index is 12.9. The van der Waals surface area contributed by atoms with Gasteiger partial charge in [0.2, 0.25) is 0 Å². The number of sulfonamides is 1. The summed E-state index contributed by atoms with van der Waals surface area (Å²) in [6.45, 7) is 0.864. The van der Waals surface area contributed by atoms with E-state index >= 15 is 0 Å². The van der Waals surface area contributed by atoms with Gasteiger partial charge >= 0.3 is 5.69 Å². The summed E-state index contributed by atoms with van der Waals surface area (Å²) < 4.78 is 30.5. The molecule has 0 fully saturated rings. The van der Waals surface area contributed by atoms with Crippen molar-refractivity contribution >= 4 is 26.7 Å². The lowest BCUT2D eigenvalue weighted by molar-refractivity contribution is 0.601. The van der Waals surface area contributed by atoms with Crippen molar-refractivity contribution in [3.63, 3.8) is 0 Å². The van der Waals surface area contributed by atoms with Crippen LogP contribution in [-0.2, 0) is 23.0 Å². The van der Waals surface area contributed by atoms with Crippen LogP contribution in [0.1, 0.15) is 25.1 Å². The molecule has 0 saturated carbocycles. The maximum atomic E-state index is 12.9. The number of aromatic nitrogens is 5. The number of fused-ring (bicyclic) bond motifs is 2. The summed E-state index contributed by atoms with van der Waals surface area (Å²) in [6.07, 6.45) is 4.26. The molecule has 2 aromatic carbocycles. The molecule has 0 bridgehead atoms. The van der Waals surface area contributed by atoms with Gasteiger partial charge in [-0.15, -0.1) is 10.2 Å². The van der Waals surface area contributed by atoms with Gasteiger partial charge in [-0.05, 0) is 43.2 Å². The first-order chi connectivity index (χ1) is 14.5. The van der Waals surface area contributed by atoms with Crippen molar-refractivity contribution in [1.29, 1.82) is 0 Å². The average molecular weight is 424 g/mol. The van der Waals surface area contributed by atoms with Crippen molar-refractivity contribution in [3.05, 3.63) is 58.8 Å². The Morgan fingerprint density at radius 2 is 1.83 bits per heavy atom. The van der Waals surface area contributed by atoms with E-state index in [9.17, 15) is 13.2 Å². The monoisotopic (exact) mass is 424 g/mol. The molecule has 4 aromatic rings. The molecule has 3 heterocycles. The predicted molar refractivity (Wildman–Crippen MR) is 113 cm³/mol. The summed E-state index contributed by atoms with van der Waals surface area (Å²) in [5.74, 6) is 1.72. The normalized spacial score (nSPS) is 14.4. The van der Waals surface area contributed by atoms with Gasteiger partial charge in [0.1, 0.15) is 5.82 Å². The van der Waals surface area contributed by atoms with Gasteiger partial charge < -0.3 is 14.5 Å². The van der Waals surface area contributed by atoms with Gasteiger partial charge in [0.25, 0.3) is 10.0 Å². The largest absolute Gasteiger partial charge is 0.323 e. The minimum Gasteiger partial charge on any atom is -0.311 e. The van der Waals surface area contributed by atoms with Crippen molar-refractivity contribution in [2.24, 2.45) is 0 Å². The third-order valence-electron chi connectivity index (χ3n) is 5.28. The van der Waals surface area contributed by atoms with Gasteiger partial charge in [0.05, 0.1) is 15.9 Å². The van der Waals surface area contributed by atoms with Gasteiger partial charge in [-0.1, -0.05) is 18.6 Å². The van der Waals surface area contributed by atoms with E-state index in [-0.39, 0.29) is 10.6 Å². The predicted octanol–water partition coefficient (Wildman–Crippen LogP) is 2.64. The zero-order valence-corrected chi connectivity index (χ0v) is 16.9. The maximum Gasteiger partial charge on any atom is 0.323 e. The molecule has 2 aromatic heterocycles. The minimum atomic E-state index is -3.83. The molecular formula is C20H20N6O3S. The molecular weight excluding hydrogens is 404 g/mol. The molecule has 0 amide bonds. The molecule has 5 rings (SSSR count). The third kappa shape index (κ3) is 3.39. The highest BCUT2D eigenvalue weighted by Gasteiger charge is 2.18. The van der Waals surface area contributed by atoms with E-state index in [4.69, 9.17) is 0 Å². The van der Waals surface area contributed by atoms with E-state index < -0.39 is 10.0 Å². The topological polar surface area (TPSA) is 126 Å². The zero-order chi connectivity index (χ0) is 20.7. The van der Waals surface area contributed by atoms with Crippen LogP contribution in [0.2, 0.25) is 0 Å². The lowest BCUT2D eigenvalue weighted by Gasteiger charge is -2.11. The molecule has 9 nitrogen and oxygen atoms in total. The van der Waals surface area contributed by atoms with E-state index in [0.29, 0.717) is 16.7 Å². The molecule has 0 unspecified atom stereocenters. The highest BCUT2D eigenvalue weighted by atomic mass is 32.2. The number of nitrogens with zero attached hydrogens (tertiary/aromatic N) is 3. The smallest absolute Gasteiger partial charge is 0.311 e. The zero-order valence-electron chi connectivity index (χ0n) is 16.1. The highest BCUT2D eigenvalue weighted by molar-refractivity contribution is 7.92. The molecule has 0 radical (unpaired) electrons. The number of hydrogen-bond acceptors (Lipinski definition) is 5. The van der Waals surface area contributed by atoms with E-state index in [2.05, 4.69) is 29.5 Å². The van der Waals surface area contributed by atoms with Crippen molar-refractivity contribution in [2.75, 3.05) is 4.72 Å². The number of imidazole rings is 1. The number of hydrogen-bond donors (Lipinski definition) is 3. The first-order valence-electron chi connectivity index (χ1n) is 9.77. The molecule has 0 aliphatic carbocycles. The fourth-order valence-electron chi connectivity index (χ4n) is 3.81. The summed E-state index contributed by atoms with van der Waals surface area (Å²) in [5, 5.41) is 8.66. The number of H-pyrrole nitrogens is 2. The Morgan fingerprint density at radius 1 is 0.967 bits per heavy atom. The van der Waals surface area contributed by atoms with Crippen LogP contribution in [0.15, 0.2) is 52.2 Å². The number of aryl methyl sites for hydroxylation is 1. The standard InChI is InChI=1S/C20H20N6O3S/c27-20-21-16-9-8-15(12-17(16)22-20)30(28,29)25-14-6-4-5-13(11-14)19-24-23-18-7-2-1-3-10-26(18)19/h4-6,8-9,11-12,25H,1-3,7,10H2,(H2,21,22,27). The van der Waals surface area contributed by atoms with Crippen molar-refractivity contribution in [1.82, 2.24) is 24.7 Å². The fraction of sp³-hybridized carbons (Fsp3) is 0.250. The van der Waals surface area contributed by atoms with Crippen LogP contribution in [0.5, 0.6) is 0 Å². The van der Waals surface area contributed by atoms with E-state index in [1.807, 2.05) is 6.07 Å². The van der Waals surface area contributed by atoms with Crippen molar-refractivity contribution in [2.45, 2.75) is 37.1 Å². The summed E-state index contributed by atoms with van der Waals surface area (Å²) in [6, 6.07) is 11.6. The summed E-state index contributed by atoms with van der Waals surface area (Å²) in [5.41, 5.74) is 1.84. The third-order valence-corrected chi connectivity index (χ3v) is 6.66. The lowest BCUT2D eigenvalue weighted by atomic mass is 10.2. The average Bonchev–Trinajstić information content (AvgIpc) is 3.21. The quantitative estimate of drug-likeness (QED) is 0.464. The number of nitrogens with one attached hydrogen (secondary N) is 3. The highest BCUT2D eigenvalue weighted by Crippen LogP contribution is 2.26. The van der Waals surface area contributed by atoms with Gasteiger partial charge in [-0.2, -0.15) is 0 Å². The molecule has 3 N–H and O–H groups in total. The Kier molecular flexibility index (Phi) is 4.43. The Morgan fingerprint density at radius 3 is 2.73 bits per heavy atom. The van der Waals surface area contributed by atoms with Crippen LogP contribution in [0.4, 0.5) is 5.69 Å². The van der Waals surface area contributed by atoms with Crippen LogP contribution < -0.4 is 10.4 Å². The molecule has 10 heteroatoms. The van der Waals surface area contributed by atoms with Crippen LogP contribution in [0, 0.1) is 0 Å². The van der Waals surface area contributed by atoms with Gasteiger partial charge in [-0.25, -0.2) is 13.2 Å². The SMILES string of the molecule is O=c1[nH]c2ccc(S(=O)(=O)Nc3cccc(-c4nnc5n4CCCCC5)c3)cc2[nH]1. The number of anilines is 1. The van der Waals surface area contributed by atoms with Gasteiger partial charge in [0.15, 0.2) is 5.82 Å². The first-order valence-corrected chi connectivity index (χ1v) is 11.3. The number of benzene rings is 2. The lowest BCUT2D eigenvalue weighted by Crippen LogP contribution is -2.13. The number of rotatable bonds is 4. The molecule has 1 aliphatic rings. The van der Waals surface area contributed by atoms with E-state index in [0.717, 1.165) is 43.0 Å². The van der Waals surface area contributed by atoms with Crippen LogP contribution in [-0.4, -0.2) is 33.2 Å². The van der Waals surface area contributed by atoms with Gasteiger partial charge in [-0.3, -0.25) is 4.72 Å². The molecule has 0 saturated heterocycles. The summed E-state index contributed by atoms with van der Waals surface area (Å²) in [4.78, 5) is 16.7. The van der Waals surface area contributed by atoms with Crippen molar-refractivity contribution in [3.8, 4) is 11.4 Å². The van der Waals surface area contributed by atoms with E-state index in [1.54, 1.807) is 24.3 Å². The Labute approximate surface area is 172 Å². The van der Waals surface area contributed by atoms with Crippen LogP contribution in [0.25, 0.3) is 22.4 Å². The second-order valence-corrected chi connectivity index (χ2v) is 9.06. The summed E-state index contributed by atoms with van der Waals surface area (Å²) >= 11 is 0. The Balaban J connectivity index is 1.47.